The van der Waals surface area contributed by atoms with Crippen molar-refractivity contribution in [3.63, 3.8) is 0 Å². The molecule has 0 radical (unpaired) electrons. The van der Waals surface area contributed by atoms with Gasteiger partial charge >= 0.3 is 0 Å². The number of nitrogens with two attached hydrogens (primary N) is 1. The predicted octanol–water partition coefficient (Wildman–Crippen LogP) is 3.12. The highest BCUT2D eigenvalue weighted by atomic mass is 32.2. The third-order valence-electron chi connectivity index (χ3n) is 2.90. The average Bonchev–Trinajstić information content (AvgIpc) is 2.38. The third kappa shape index (κ3) is 5.05. The van der Waals surface area contributed by atoms with Crippen molar-refractivity contribution in [2.45, 2.75) is 38.3 Å². The number of anilines is 1. The van der Waals surface area contributed by atoms with Crippen LogP contribution in [0.3, 0.4) is 0 Å². The van der Waals surface area contributed by atoms with Crippen LogP contribution in [0.2, 0.25) is 0 Å². The molecule has 0 fully saturated rings. The van der Waals surface area contributed by atoms with Crippen LogP contribution < -0.4 is 10.6 Å². The fraction of sp³-hybridized carbons (Fsp3) is 0.600. The lowest BCUT2D eigenvalue weighted by atomic mass is 10.1. The third-order valence-corrected chi connectivity index (χ3v) is 3.88. The maximum atomic E-state index is 5.93. The minimum atomic E-state index is 0.282. The van der Waals surface area contributed by atoms with Crippen molar-refractivity contribution in [1.29, 1.82) is 0 Å². The second-order valence-corrected chi connectivity index (χ2v) is 6.04. The lowest BCUT2D eigenvalue weighted by Gasteiger charge is -2.24. The van der Waals surface area contributed by atoms with Crippen LogP contribution in [0.1, 0.15) is 26.3 Å². The Bertz CT molecular complexity index is 382. The normalized spacial score (nSPS) is 11.1. The summed E-state index contributed by atoms with van der Waals surface area (Å²) in [5.41, 5.74) is 8.38. The molecule has 0 aliphatic carbocycles. The summed E-state index contributed by atoms with van der Waals surface area (Å²) in [4.78, 5) is 3.52. The molecule has 1 rings (SSSR count). The average molecular weight is 282 g/mol. The molecule has 0 saturated heterocycles. The van der Waals surface area contributed by atoms with Gasteiger partial charge < -0.3 is 15.4 Å². The minimum absolute atomic E-state index is 0.282. The predicted molar refractivity (Wildman–Crippen MR) is 85.1 cm³/mol. The maximum absolute atomic E-state index is 5.93. The van der Waals surface area contributed by atoms with Gasteiger partial charge in [0, 0.05) is 36.3 Å². The van der Waals surface area contributed by atoms with E-state index in [2.05, 4.69) is 50.9 Å². The van der Waals surface area contributed by atoms with E-state index < -0.39 is 0 Å². The molecule has 0 aromatic heterocycles. The molecular weight excluding hydrogens is 256 g/mol. The second-order valence-electron chi connectivity index (χ2n) is 4.73. The van der Waals surface area contributed by atoms with Crippen LogP contribution >= 0.6 is 11.8 Å². The van der Waals surface area contributed by atoms with E-state index in [9.17, 15) is 0 Å². The smallest absolute Gasteiger partial charge is 0.0644 e. The van der Waals surface area contributed by atoms with Crippen LogP contribution in [-0.2, 0) is 11.3 Å². The first-order chi connectivity index (χ1) is 9.10. The molecule has 0 saturated carbocycles. The fourth-order valence-corrected chi connectivity index (χ4v) is 2.80. The summed E-state index contributed by atoms with van der Waals surface area (Å²) in [7, 11) is 2.10. The quantitative estimate of drug-likeness (QED) is 0.744. The first kappa shape index (κ1) is 16.3. The van der Waals surface area contributed by atoms with Crippen molar-refractivity contribution >= 4 is 17.4 Å². The summed E-state index contributed by atoms with van der Waals surface area (Å²) in [6, 6.07) is 6.39. The number of hydrogen-bond acceptors (Lipinski definition) is 4. The second kappa shape index (κ2) is 8.46. The topological polar surface area (TPSA) is 38.5 Å². The summed E-state index contributed by atoms with van der Waals surface area (Å²) in [6.45, 7) is 8.48. The molecule has 0 atom stereocenters. The Hall–Kier alpha value is -0.710. The van der Waals surface area contributed by atoms with Crippen molar-refractivity contribution in [2.75, 3.05) is 30.9 Å². The van der Waals surface area contributed by atoms with E-state index in [1.807, 2.05) is 11.8 Å². The van der Waals surface area contributed by atoms with Crippen LogP contribution in [0.25, 0.3) is 0 Å². The molecule has 0 heterocycles. The molecule has 108 valence electrons. The van der Waals surface area contributed by atoms with Crippen molar-refractivity contribution in [2.24, 2.45) is 5.73 Å². The van der Waals surface area contributed by atoms with E-state index in [0.29, 0.717) is 6.54 Å². The van der Waals surface area contributed by atoms with E-state index in [0.717, 1.165) is 18.9 Å². The van der Waals surface area contributed by atoms with E-state index >= 15 is 0 Å². The summed E-state index contributed by atoms with van der Waals surface area (Å²) < 4.78 is 5.61. The number of nitrogens with zero attached hydrogens (tertiary/aromatic N) is 1. The zero-order chi connectivity index (χ0) is 14.3. The van der Waals surface area contributed by atoms with Gasteiger partial charge in [0.15, 0.2) is 0 Å². The van der Waals surface area contributed by atoms with E-state index in [4.69, 9.17) is 10.5 Å². The van der Waals surface area contributed by atoms with Gasteiger partial charge in [-0.2, -0.15) is 0 Å². The number of benzene rings is 1. The Balaban J connectivity index is 2.77. The summed E-state index contributed by atoms with van der Waals surface area (Å²) >= 11 is 1.85. The molecule has 0 aliphatic heterocycles. The fourth-order valence-electron chi connectivity index (χ4n) is 1.95. The molecule has 4 heteroatoms. The van der Waals surface area contributed by atoms with Crippen LogP contribution in [0.4, 0.5) is 5.69 Å². The molecule has 1 aromatic carbocycles. The molecule has 0 unspecified atom stereocenters. The van der Waals surface area contributed by atoms with E-state index in [1.165, 1.54) is 16.1 Å². The van der Waals surface area contributed by atoms with Crippen molar-refractivity contribution < 1.29 is 4.74 Å². The standard InChI is InChI=1S/C15H26N2OS/c1-5-19-15-8-6-7-14(13(15)11-16)17(4)9-10-18-12(2)3/h6-8,12H,5,9-11,16H2,1-4H3. The highest BCUT2D eigenvalue weighted by molar-refractivity contribution is 7.99. The Morgan fingerprint density at radius 2 is 2.11 bits per heavy atom. The monoisotopic (exact) mass is 282 g/mol. The van der Waals surface area contributed by atoms with Gasteiger partial charge in [-0.05, 0) is 31.7 Å². The summed E-state index contributed by atoms with van der Waals surface area (Å²) in [5, 5.41) is 0. The van der Waals surface area contributed by atoms with E-state index in [1.54, 1.807) is 0 Å². The SMILES string of the molecule is CCSc1cccc(N(C)CCOC(C)C)c1CN. The van der Waals surface area contributed by atoms with Gasteiger partial charge in [-0.15, -0.1) is 11.8 Å². The van der Waals surface area contributed by atoms with Crippen molar-refractivity contribution in [3.05, 3.63) is 23.8 Å². The highest BCUT2D eigenvalue weighted by Crippen LogP contribution is 2.29. The van der Waals surface area contributed by atoms with Crippen molar-refractivity contribution in [3.8, 4) is 0 Å². The van der Waals surface area contributed by atoms with Gasteiger partial charge in [0.1, 0.15) is 0 Å². The van der Waals surface area contributed by atoms with Gasteiger partial charge in [0.05, 0.1) is 12.7 Å². The lowest BCUT2D eigenvalue weighted by Crippen LogP contribution is -2.25. The van der Waals surface area contributed by atoms with Gasteiger partial charge in [0.25, 0.3) is 0 Å². The molecule has 0 aliphatic rings. The maximum Gasteiger partial charge on any atom is 0.0644 e. The number of likely N-dealkylation sites (N-methyl/N-ethyl adjacent to an activating group) is 1. The number of hydrogen-bond donors (Lipinski definition) is 1. The van der Waals surface area contributed by atoms with Gasteiger partial charge in [-0.1, -0.05) is 13.0 Å². The Morgan fingerprint density at radius 1 is 1.37 bits per heavy atom. The molecule has 0 amide bonds. The van der Waals surface area contributed by atoms with E-state index in [-0.39, 0.29) is 6.10 Å². The first-order valence-corrected chi connectivity index (χ1v) is 7.86. The highest BCUT2D eigenvalue weighted by Gasteiger charge is 2.10. The summed E-state index contributed by atoms with van der Waals surface area (Å²) in [5.74, 6) is 1.07. The van der Waals surface area contributed by atoms with Gasteiger partial charge in [-0.3, -0.25) is 0 Å². The molecule has 0 bridgehead atoms. The Morgan fingerprint density at radius 3 is 2.68 bits per heavy atom. The van der Waals surface area contributed by atoms with Crippen LogP contribution in [0.15, 0.2) is 23.1 Å². The summed E-state index contributed by atoms with van der Waals surface area (Å²) in [6.07, 6.45) is 0.282. The first-order valence-electron chi connectivity index (χ1n) is 6.87. The number of ether oxygens (including phenoxy) is 1. The van der Waals surface area contributed by atoms with Crippen molar-refractivity contribution in [1.82, 2.24) is 0 Å². The largest absolute Gasteiger partial charge is 0.377 e. The van der Waals surface area contributed by atoms with Gasteiger partial charge in [0.2, 0.25) is 0 Å². The minimum Gasteiger partial charge on any atom is -0.377 e. The molecule has 0 spiro atoms. The lowest BCUT2D eigenvalue weighted by molar-refractivity contribution is 0.0846. The molecular formula is C15H26N2OS. The molecule has 2 N–H and O–H groups in total. The van der Waals surface area contributed by atoms with Gasteiger partial charge in [-0.25, -0.2) is 0 Å². The zero-order valence-electron chi connectivity index (χ0n) is 12.5. The zero-order valence-corrected chi connectivity index (χ0v) is 13.3. The molecule has 19 heavy (non-hydrogen) atoms. The Kier molecular flexibility index (Phi) is 7.28. The van der Waals surface area contributed by atoms with Crippen LogP contribution in [0.5, 0.6) is 0 Å². The Labute approximate surface area is 121 Å². The molecule has 1 aromatic rings. The number of rotatable bonds is 8. The van der Waals surface area contributed by atoms with Crippen LogP contribution in [-0.4, -0.2) is 32.1 Å². The molecule has 3 nitrogen and oxygen atoms in total. The van der Waals surface area contributed by atoms with Crippen LogP contribution in [0, 0.1) is 0 Å². The number of thioether (sulfide) groups is 1.